The van der Waals surface area contributed by atoms with Gasteiger partial charge in [-0.05, 0) is 6.42 Å². The summed E-state index contributed by atoms with van der Waals surface area (Å²) in [7, 11) is -1.06. The first-order chi connectivity index (χ1) is 12.5. The van der Waals surface area contributed by atoms with Crippen LogP contribution in [0.25, 0.3) is 11.3 Å². The highest BCUT2D eigenvalue weighted by Crippen LogP contribution is 2.30. The van der Waals surface area contributed by atoms with Crippen LogP contribution in [0.1, 0.15) is 23.9 Å². The summed E-state index contributed by atoms with van der Waals surface area (Å²) in [4.78, 5) is 0. The zero-order valence-electron chi connectivity index (χ0n) is 14.2. The molecule has 3 aromatic rings. The molecule has 9 heteroatoms. The summed E-state index contributed by atoms with van der Waals surface area (Å²) < 4.78 is 30.7. The largest absolute Gasteiger partial charge is 0.356 e. The fourth-order valence-corrected chi connectivity index (χ4v) is 5.60. The van der Waals surface area contributed by atoms with Crippen LogP contribution in [0.2, 0.25) is 0 Å². The molecule has 1 atom stereocenters. The maximum absolute atomic E-state index is 11.7. The van der Waals surface area contributed by atoms with Gasteiger partial charge in [-0.1, -0.05) is 47.3 Å². The van der Waals surface area contributed by atoms with E-state index in [2.05, 4.69) is 15.4 Å². The molecule has 1 aliphatic rings. The van der Waals surface area contributed by atoms with Gasteiger partial charge in [0.1, 0.15) is 5.82 Å². The predicted molar refractivity (Wildman–Crippen MR) is 98.5 cm³/mol. The lowest BCUT2D eigenvalue weighted by atomic mass is 10.1. The number of benzene rings is 1. The third-order valence-corrected chi connectivity index (χ3v) is 7.25. The first kappa shape index (κ1) is 17.3. The van der Waals surface area contributed by atoms with Crippen molar-refractivity contribution >= 4 is 21.6 Å². The number of hydrogen-bond acceptors (Lipinski definition) is 7. The van der Waals surface area contributed by atoms with Crippen molar-refractivity contribution in [1.82, 2.24) is 19.9 Å². The van der Waals surface area contributed by atoms with E-state index in [9.17, 15) is 8.42 Å². The topological polar surface area (TPSA) is 90.9 Å². The molecule has 1 fully saturated rings. The van der Waals surface area contributed by atoms with Crippen LogP contribution < -0.4 is 0 Å². The van der Waals surface area contributed by atoms with E-state index in [0.717, 1.165) is 28.0 Å². The molecule has 0 N–H and O–H groups in total. The zero-order chi connectivity index (χ0) is 18.1. The third-order valence-electron chi connectivity index (χ3n) is 4.43. The second-order valence-corrected chi connectivity index (χ2v) is 9.51. The van der Waals surface area contributed by atoms with Crippen molar-refractivity contribution in [3.8, 4) is 11.3 Å². The number of thioether (sulfide) groups is 1. The molecule has 0 unspecified atom stereocenters. The van der Waals surface area contributed by atoms with Gasteiger partial charge < -0.3 is 9.09 Å². The monoisotopic (exact) mass is 390 g/mol. The number of hydrogen-bond donors (Lipinski definition) is 0. The highest BCUT2D eigenvalue weighted by atomic mass is 32.2. The van der Waals surface area contributed by atoms with Crippen LogP contribution in [-0.4, -0.2) is 39.8 Å². The van der Waals surface area contributed by atoms with Crippen molar-refractivity contribution in [2.45, 2.75) is 23.2 Å². The Morgan fingerprint density at radius 3 is 2.81 bits per heavy atom. The van der Waals surface area contributed by atoms with Crippen LogP contribution in [0.5, 0.6) is 0 Å². The first-order valence-corrected chi connectivity index (χ1v) is 11.1. The normalized spacial score (nSPS) is 19.0. The van der Waals surface area contributed by atoms with Gasteiger partial charge in [-0.25, -0.2) is 8.42 Å². The van der Waals surface area contributed by atoms with Crippen LogP contribution in [0.3, 0.4) is 0 Å². The fraction of sp³-hybridized carbons (Fsp3) is 0.353. The third kappa shape index (κ3) is 3.54. The van der Waals surface area contributed by atoms with Gasteiger partial charge in [0.25, 0.3) is 0 Å². The Bertz CT molecular complexity index is 1010. The van der Waals surface area contributed by atoms with Crippen LogP contribution in [-0.2, 0) is 22.6 Å². The summed E-state index contributed by atoms with van der Waals surface area (Å²) in [5.74, 6) is 2.39. The van der Waals surface area contributed by atoms with E-state index >= 15 is 0 Å². The van der Waals surface area contributed by atoms with Crippen molar-refractivity contribution in [3.63, 3.8) is 0 Å². The van der Waals surface area contributed by atoms with E-state index in [4.69, 9.17) is 4.52 Å². The number of sulfone groups is 1. The lowest BCUT2D eigenvalue weighted by Gasteiger charge is -2.07. The van der Waals surface area contributed by atoms with Gasteiger partial charge in [-0.15, -0.1) is 10.2 Å². The standard InChI is InChI=1S/C17H18N4O3S2/c1-21-16(13-7-8-26(22,23)11-13)18-19-17(21)25-10-14-9-15(24-20-14)12-5-3-2-4-6-12/h2-6,9,13H,7-8,10-11H2,1H3/t13-/m0/s1. The van der Waals surface area contributed by atoms with Crippen LogP contribution in [0.15, 0.2) is 46.1 Å². The Morgan fingerprint density at radius 1 is 1.27 bits per heavy atom. The van der Waals surface area contributed by atoms with Gasteiger partial charge in [-0.3, -0.25) is 0 Å². The zero-order valence-corrected chi connectivity index (χ0v) is 15.8. The highest BCUT2D eigenvalue weighted by molar-refractivity contribution is 7.98. The summed E-state index contributed by atoms with van der Waals surface area (Å²) in [6.45, 7) is 0. The minimum absolute atomic E-state index is 0.0661. The molecule has 0 aliphatic carbocycles. The Morgan fingerprint density at radius 2 is 2.08 bits per heavy atom. The summed E-state index contributed by atoms with van der Waals surface area (Å²) >= 11 is 1.51. The summed E-state index contributed by atoms with van der Waals surface area (Å²) in [6.07, 6.45) is 0.614. The molecule has 0 bridgehead atoms. The van der Waals surface area contributed by atoms with Crippen molar-refractivity contribution < 1.29 is 12.9 Å². The second-order valence-electron chi connectivity index (χ2n) is 6.34. The Balaban J connectivity index is 1.44. The van der Waals surface area contributed by atoms with Crippen molar-refractivity contribution in [1.29, 1.82) is 0 Å². The number of rotatable bonds is 5. The average Bonchev–Trinajstić information content (AvgIpc) is 3.33. The van der Waals surface area contributed by atoms with Gasteiger partial charge in [0.15, 0.2) is 20.8 Å². The molecule has 4 rings (SSSR count). The van der Waals surface area contributed by atoms with E-state index in [1.54, 1.807) is 0 Å². The Hall–Kier alpha value is -2.13. The smallest absolute Gasteiger partial charge is 0.191 e. The Labute approximate surface area is 155 Å². The highest BCUT2D eigenvalue weighted by Gasteiger charge is 2.32. The molecule has 136 valence electrons. The lowest BCUT2D eigenvalue weighted by molar-refractivity contribution is 0.426. The molecular weight excluding hydrogens is 372 g/mol. The quantitative estimate of drug-likeness (QED) is 0.619. The fourth-order valence-electron chi connectivity index (χ4n) is 3.06. The van der Waals surface area contributed by atoms with Crippen molar-refractivity contribution in [2.24, 2.45) is 7.05 Å². The first-order valence-electron chi connectivity index (χ1n) is 8.25. The van der Waals surface area contributed by atoms with E-state index < -0.39 is 9.84 Å². The molecule has 7 nitrogen and oxygen atoms in total. The van der Waals surface area contributed by atoms with E-state index in [-0.39, 0.29) is 17.4 Å². The Kier molecular flexibility index (Phi) is 4.58. The lowest BCUT2D eigenvalue weighted by Crippen LogP contribution is -2.09. The molecule has 0 radical (unpaired) electrons. The van der Waals surface area contributed by atoms with Gasteiger partial charge in [0, 0.05) is 30.3 Å². The predicted octanol–water partition coefficient (Wildman–Crippen LogP) is 2.66. The molecule has 1 aromatic carbocycles. The van der Waals surface area contributed by atoms with Crippen LogP contribution in [0.4, 0.5) is 0 Å². The molecule has 0 amide bonds. The van der Waals surface area contributed by atoms with Crippen molar-refractivity contribution in [3.05, 3.63) is 47.9 Å². The molecule has 2 aromatic heterocycles. The molecular formula is C17H18N4O3S2. The molecule has 1 aliphatic heterocycles. The van der Waals surface area contributed by atoms with E-state index in [1.807, 2.05) is 48.0 Å². The maximum atomic E-state index is 11.7. The van der Waals surface area contributed by atoms with Crippen molar-refractivity contribution in [2.75, 3.05) is 11.5 Å². The number of aromatic nitrogens is 4. The van der Waals surface area contributed by atoms with Gasteiger partial charge in [0.2, 0.25) is 0 Å². The van der Waals surface area contributed by atoms with E-state index in [1.165, 1.54) is 11.8 Å². The summed E-state index contributed by atoms with van der Waals surface area (Å²) in [6, 6.07) is 11.7. The minimum atomic E-state index is -2.94. The molecule has 26 heavy (non-hydrogen) atoms. The van der Waals surface area contributed by atoms with Gasteiger partial charge >= 0.3 is 0 Å². The van der Waals surface area contributed by atoms with E-state index in [0.29, 0.717) is 12.2 Å². The second kappa shape index (κ2) is 6.88. The van der Waals surface area contributed by atoms with Crippen LogP contribution in [0, 0.1) is 0 Å². The van der Waals surface area contributed by atoms with Crippen LogP contribution >= 0.6 is 11.8 Å². The molecule has 1 saturated heterocycles. The maximum Gasteiger partial charge on any atom is 0.191 e. The van der Waals surface area contributed by atoms with Gasteiger partial charge in [0.05, 0.1) is 17.2 Å². The summed E-state index contributed by atoms with van der Waals surface area (Å²) in [5.41, 5.74) is 1.81. The summed E-state index contributed by atoms with van der Waals surface area (Å²) in [5, 5.41) is 13.3. The minimum Gasteiger partial charge on any atom is -0.356 e. The molecule has 3 heterocycles. The number of nitrogens with zero attached hydrogens (tertiary/aromatic N) is 4. The molecule has 0 saturated carbocycles. The SMILES string of the molecule is Cn1c(SCc2cc(-c3ccccc3)on2)nnc1[C@H]1CCS(=O)(=O)C1. The van der Waals surface area contributed by atoms with Gasteiger partial charge in [-0.2, -0.15) is 0 Å². The average molecular weight is 390 g/mol. The molecule has 0 spiro atoms.